The van der Waals surface area contributed by atoms with Gasteiger partial charge in [0, 0.05) is 24.8 Å². The predicted molar refractivity (Wildman–Crippen MR) is 66.1 cm³/mol. The first-order valence-electron chi connectivity index (χ1n) is 5.94. The van der Waals surface area contributed by atoms with Crippen molar-refractivity contribution in [2.45, 2.75) is 26.1 Å². The number of pyridine rings is 1. The van der Waals surface area contributed by atoms with Gasteiger partial charge in [0.2, 0.25) is 0 Å². The fourth-order valence-electron chi connectivity index (χ4n) is 2.11. The summed E-state index contributed by atoms with van der Waals surface area (Å²) < 4.78 is 7.32. The highest BCUT2D eigenvalue weighted by atomic mass is 16.5. The molecule has 94 valence electrons. The first kappa shape index (κ1) is 11.2. The third kappa shape index (κ3) is 1.84. The van der Waals surface area contributed by atoms with E-state index in [2.05, 4.69) is 32.0 Å². The average molecular weight is 245 g/mol. The third-order valence-electron chi connectivity index (χ3n) is 3.09. The van der Waals surface area contributed by atoms with Crippen LogP contribution in [0.3, 0.4) is 0 Å². The van der Waals surface area contributed by atoms with Crippen molar-refractivity contribution in [3.05, 3.63) is 24.2 Å². The van der Waals surface area contributed by atoms with E-state index in [1.54, 1.807) is 13.3 Å². The van der Waals surface area contributed by atoms with Crippen LogP contribution in [0.5, 0.6) is 5.75 Å². The van der Waals surface area contributed by atoms with Crippen molar-refractivity contribution in [3.8, 4) is 17.3 Å². The van der Waals surface area contributed by atoms with Gasteiger partial charge in [-0.15, -0.1) is 10.2 Å². The molecule has 0 saturated heterocycles. The fourth-order valence-corrected chi connectivity index (χ4v) is 2.11. The SMILES string of the molecule is COc1ccnc(-c2nnc3n2CC(C)NC3)c1. The lowest BCUT2D eigenvalue weighted by Gasteiger charge is -2.22. The maximum atomic E-state index is 5.21. The lowest BCUT2D eigenvalue weighted by Crippen LogP contribution is -2.36. The Kier molecular flexibility index (Phi) is 2.71. The van der Waals surface area contributed by atoms with Crippen LogP contribution in [-0.4, -0.2) is 32.9 Å². The van der Waals surface area contributed by atoms with E-state index in [1.807, 2.05) is 12.1 Å². The second-order valence-electron chi connectivity index (χ2n) is 4.41. The van der Waals surface area contributed by atoms with Crippen molar-refractivity contribution in [3.63, 3.8) is 0 Å². The minimum absolute atomic E-state index is 0.415. The van der Waals surface area contributed by atoms with Gasteiger partial charge < -0.3 is 14.6 Å². The van der Waals surface area contributed by atoms with Gasteiger partial charge in [0.05, 0.1) is 13.7 Å². The molecule has 18 heavy (non-hydrogen) atoms. The zero-order valence-corrected chi connectivity index (χ0v) is 10.4. The van der Waals surface area contributed by atoms with Crippen LogP contribution in [0.2, 0.25) is 0 Å². The molecule has 2 aromatic heterocycles. The van der Waals surface area contributed by atoms with E-state index in [0.29, 0.717) is 6.04 Å². The molecule has 6 heteroatoms. The summed E-state index contributed by atoms with van der Waals surface area (Å²) in [6, 6.07) is 4.11. The summed E-state index contributed by atoms with van der Waals surface area (Å²) >= 11 is 0. The maximum absolute atomic E-state index is 5.21. The van der Waals surface area contributed by atoms with E-state index in [9.17, 15) is 0 Å². The number of hydrogen-bond acceptors (Lipinski definition) is 5. The van der Waals surface area contributed by atoms with Gasteiger partial charge in [-0.3, -0.25) is 4.98 Å². The molecule has 0 radical (unpaired) electrons. The number of hydrogen-bond donors (Lipinski definition) is 1. The van der Waals surface area contributed by atoms with Crippen LogP contribution in [0.4, 0.5) is 0 Å². The number of fused-ring (bicyclic) bond motifs is 1. The topological polar surface area (TPSA) is 64.9 Å². The van der Waals surface area contributed by atoms with E-state index in [-0.39, 0.29) is 0 Å². The summed E-state index contributed by atoms with van der Waals surface area (Å²) in [5.41, 5.74) is 0.794. The Bertz CT molecular complexity index is 565. The molecule has 0 aromatic carbocycles. The molecule has 1 unspecified atom stereocenters. The minimum Gasteiger partial charge on any atom is -0.497 e. The van der Waals surface area contributed by atoms with Gasteiger partial charge >= 0.3 is 0 Å². The lowest BCUT2D eigenvalue weighted by molar-refractivity contribution is 0.410. The van der Waals surface area contributed by atoms with E-state index in [4.69, 9.17) is 4.74 Å². The van der Waals surface area contributed by atoms with E-state index in [0.717, 1.165) is 36.2 Å². The molecule has 0 spiro atoms. The zero-order valence-electron chi connectivity index (χ0n) is 10.4. The largest absolute Gasteiger partial charge is 0.497 e. The molecule has 0 saturated carbocycles. The van der Waals surface area contributed by atoms with Crippen LogP contribution in [-0.2, 0) is 13.1 Å². The highest BCUT2D eigenvalue weighted by Crippen LogP contribution is 2.22. The summed E-state index contributed by atoms with van der Waals surface area (Å²) in [6.45, 7) is 3.75. The van der Waals surface area contributed by atoms with E-state index >= 15 is 0 Å². The normalized spacial score (nSPS) is 18.4. The van der Waals surface area contributed by atoms with E-state index < -0.39 is 0 Å². The van der Waals surface area contributed by atoms with Gasteiger partial charge in [-0.05, 0) is 13.0 Å². The molecule has 1 aliphatic heterocycles. The van der Waals surface area contributed by atoms with Crippen LogP contribution in [0.25, 0.3) is 11.5 Å². The van der Waals surface area contributed by atoms with Crippen LogP contribution in [0.15, 0.2) is 18.3 Å². The maximum Gasteiger partial charge on any atom is 0.182 e. The molecule has 0 aliphatic carbocycles. The highest BCUT2D eigenvalue weighted by molar-refractivity contribution is 5.52. The molecule has 1 aliphatic rings. The molecule has 0 fully saturated rings. The molecular formula is C12H15N5O. The second-order valence-corrected chi connectivity index (χ2v) is 4.41. The van der Waals surface area contributed by atoms with Gasteiger partial charge in [-0.25, -0.2) is 0 Å². The van der Waals surface area contributed by atoms with Gasteiger partial charge in [-0.2, -0.15) is 0 Å². The number of ether oxygens (including phenoxy) is 1. The van der Waals surface area contributed by atoms with Crippen molar-refractivity contribution < 1.29 is 4.74 Å². The predicted octanol–water partition coefficient (Wildman–Crippen LogP) is 0.840. The van der Waals surface area contributed by atoms with Crippen molar-refractivity contribution in [2.24, 2.45) is 0 Å². The highest BCUT2D eigenvalue weighted by Gasteiger charge is 2.21. The Hall–Kier alpha value is -1.95. The zero-order chi connectivity index (χ0) is 12.5. The average Bonchev–Trinajstić information content (AvgIpc) is 2.81. The monoisotopic (exact) mass is 245 g/mol. The summed E-state index contributed by atoms with van der Waals surface area (Å²) in [4.78, 5) is 4.34. The lowest BCUT2D eigenvalue weighted by atomic mass is 10.2. The van der Waals surface area contributed by atoms with E-state index in [1.165, 1.54) is 0 Å². The molecule has 6 nitrogen and oxygen atoms in total. The standard InChI is InChI=1S/C12H15N5O/c1-8-7-17-11(6-14-8)15-16-12(17)10-5-9(18-2)3-4-13-10/h3-5,8,14H,6-7H2,1-2H3. The number of aromatic nitrogens is 4. The summed E-state index contributed by atoms with van der Waals surface area (Å²) in [5, 5.41) is 11.8. The Morgan fingerprint density at radius 3 is 3.17 bits per heavy atom. The first-order chi connectivity index (χ1) is 8.78. The number of methoxy groups -OCH3 is 1. The number of nitrogens with zero attached hydrogens (tertiary/aromatic N) is 4. The molecule has 1 atom stereocenters. The second kappa shape index (κ2) is 4.38. The molecule has 3 heterocycles. The number of nitrogens with one attached hydrogen (secondary N) is 1. The number of rotatable bonds is 2. The summed E-state index contributed by atoms with van der Waals surface area (Å²) in [5.74, 6) is 2.53. The van der Waals surface area contributed by atoms with Gasteiger partial charge in [0.1, 0.15) is 17.3 Å². The van der Waals surface area contributed by atoms with Crippen LogP contribution >= 0.6 is 0 Å². The molecule has 0 amide bonds. The summed E-state index contributed by atoms with van der Waals surface area (Å²) in [7, 11) is 1.64. The quantitative estimate of drug-likeness (QED) is 0.849. The Balaban J connectivity index is 2.04. The van der Waals surface area contributed by atoms with Crippen LogP contribution in [0.1, 0.15) is 12.7 Å². The van der Waals surface area contributed by atoms with Crippen molar-refractivity contribution in [2.75, 3.05) is 7.11 Å². The Morgan fingerprint density at radius 2 is 2.33 bits per heavy atom. The third-order valence-corrected chi connectivity index (χ3v) is 3.09. The first-order valence-corrected chi connectivity index (χ1v) is 5.94. The Morgan fingerprint density at radius 1 is 1.44 bits per heavy atom. The molecule has 3 rings (SSSR count). The van der Waals surface area contributed by atoms with Gasteiger partial charge in [0.25, 0.3) is 0 Å². The molecule has 1 N–H and O–H groups in total. The van der Waals surface area contributed by atoms with Crippen molar-refractivity contribution >= 4 is 0 Å². The smallest absolute Gasteiger partial charge is 0.182 e. The molecule has 0 bridgehead atoms. The van der Waals surface area contributed by atoms with Gasteiger partial charge in [0.15, 0.2) is 5.82 Å². The fraction of sp³-hybridized carbons (Fsp3) is 0.417. The van der Waals surface area contributed by atoms with Crippen LogP contribution < -0.4 is 10.1 Å². The Labute approximate surface area is 105 Å². The molecular weight excluding hydrogens is 230 g/mol. The molecule has 2 aromatic rings. The van der Waals surface area contributed by atoms with Crippen molar-refractivity contribution in [1.82, 2.24) is 25.1 Å². The van der Waals surface area contributed by atoms with Gasteiger partial charge in [-0.1, -0.05) is 0 Å². The minimum atomic E-state index is 0.415. The van der Waals surface area contributed by atoms with Crippen molar-refractivity contribution in [1.29, 1.82) is 0 Å². The van der Waals surface area contributed by atoms with Crippen LogP contribution in [0, 0.1) is 0 Å². The summed E-state index contributed by atoms with van der Waals surface area (Å²) in [6.07, 6.45) is 1.72.